The first-order chi connectivity index (χ1) is 10.3. The van der Waals surface area contributed by atoms with Crippen molar-refractivity contribution in [3.05, 3.63) is 71.8 Å². The van der Waals surface area contributed by atoms with E-state index in [4.69, 9.17) is 9.47 Å². The van der Waals surface area contributed by atoms with E-state index in [0.29, 0.717) is 5.75 Å². The maximum absolute atomic E-state index is 9.91. The van der Waals surface area contributed by atoms with Gasteiger partial charge < -0.3 is 14.6 Å². The van der Waals surface area contributed by atoms with Gasteiger partial charge in [-0.25, -0.2) is 0 Å². The molecule has 0 fully saturated rings. The molecule has 0 aliphatic heterocycles. The zero-order valence-corrected chi connectivity index (χ0v) is 11.7. The van der Waals surface area contributed by atoms with Crippen LogP contribution >= 0.6 is 0 Å². The van der Waals surface area contributed by atoms with Gasteiger partial charge in [-0.2, -0.15) is 0 Å². The summed E-state index contributed by atoms with van der Waals surface area (Å²) in [5.41, 5.74) is 3.48. The lowest BCUT2D eigenvalue weighted by atomic mass is 9.85. The molecule has 3 rings (SSSR count). The minimum atomic E-state index is -0.928. The molecule has 0 saturated heterocycles. The molecule has 0 spiro atoms. The van der Waals surface area contributed by atoms with Crippen LogP contribution in [0.3, 0.4) is 0 Å². The second-order valence-corrected chi connectivity index (χ2v) is 5.07. The van der Waals surface area contributed by atoms with E-state index in [0.717, 1.165) is 17.5 Å². The van der Waals surface area contributed by atoms with Gasteiger partial charge in [0.2, 0.25) is 0 Å². The molecule has 1 aliphatic rings. The summed E-state index contributed by atoms with van der Waals surface area (Å²) >= 11 is 0. The Morgan fingerprint density at radius 2 is 1.95 bits per heavy atom. The number of ether oxygens (including phenoxy) is 2. The highest BCUT2D eigenvalue weighted by molar-refractivity contribution is 5.48. The van der Waals surface area contributed by atoms with Gasteiger partial charge in [0, 0.05) is 6.42 Å². The van der Waals surface area contributed by atoms with Crippen LogP contribution in [-0.2, 0) is 11.2 Å². The predicted octanol–water partition coefficient (Wildman–Crippen LogP) is 3.34. The Bertz CT molecular complexity index is 619. The second kappa shape index (κ2) is 6.12. The van der Waals surface area contributed by atoms with E-state index in [1.54, 1.807) is 6.08 Å². The fourth-order valence-corrected chi connectivity index (χ4v) is 2.43. The largest absolute Gasteiger partial charge is 0.488 e. The number of hydrogen-bond donors (Lipinski definition) is 1. The molecule has 3 nitrogen and oxygen atoms in total. The Labute approximate surface area is 124 Å². The Morgan fingerprint density at radius 1 is 1.19 bits per heavy atom. The van der Waals surface area contributed by atoms with Crippen LogP contribution in [0.5, 0.6) is 5.75 Å². The van der Waals surface area contributed by atoms with Gasteiger partial charge in [0.25, 0.3) is 0 Å². The van der Waals surface area contributed by atoms with Gasteiger partial charge in [0.15, 0.2) is 6.29 Å². The summed E-state index contributed by atoms with van der Waals surface area (Å²) in [5.74, 6) is 0.706. The van der Waals surface area contributed by atoms with Gasteiger partial charge in [-0.1, -0.05) is 49.1 Å². The van der Waals surface area contributed by atoms with Crippen LogP contribution in [0.4, 0.5) is 0 Å². The molecule has 2 aromatic rings. The number of fused-ring (bicyclic) bond motifs is 1. The normalized spacial score (nSPS) is 17.5. The Balaban J connectivity index is 1.49. The zero-order chi connectivity index (χ0) is 14.7. The van der Waals surface area contributed by atoms with Gasteiger partial charge in [0.1, 0.15) is 12.4 Å². The number of rotatable bonds is 6. The molecule has 3 heteroatoms. The van der Waals surface area contributed by atoms with Gasteiger partial charge in [-0.3, -0.25) is 0 Å². The van der Waals surface area contributed by atoms with Crippen LogP contribution in [-0.4, -0.2) is 18.0 Å². The lowest BCUT2D eigenvalue weighted by Gasteiger charge is -2.31. The maximum Gasteiger partial charge on any atom is 0.189 e. The first-order valence-electron chi connectivity index (χ1n) is 7.03. The first kappa shape index (κ1) is 13.9. The van der Waals surface area contributed by atoms with Crippen LogP contribution in [0.15, 0.2) is 55.1 Å². The fourth-order valence-electron chi connectivity index (χ4n) is 2.43. The zero-order valence-electron chi connectivity index (χ0n) is 11.7. The molecular weight excluding hydrogens is 264 g/mol. The van der Waals surface area contributed by atoms with Crippen molar-refractivity contribution in [3.63, 3.8) is 0 Å². The fraction of sp³-hybridized carbons (Fsp3) is 0.222. The monoisotopic (exact) mass is 282 g/mol. The van der Waals surface area contributed by atoms with Gasteiger partial charge >= 0.3 is 0 Å². The molecule has 1 aliphatic carbocycles. The number of aliphatic hydroxyl groups excluding tert-OH is 1. The predicted molar refractivity (Wildman–Crippen MR) is 82.0 cm³/mol. The number of aliphatic hydroxyl groups is 1. The second-order valence-electron chi connectivity index (χ2n) is 5.07. The minimum Gasteiger partial charge on any atom is -0.488 e. The molecular formula is C18H18O3. The van der Waals surface area contributed by atoms with E-state index in [-0.39, 0.29) is 12.7 Å². The molecule has 1 N–H and O–H groups in total. The van der Waals surface area contributed by atoms with Crippen molar-refractivity contribution >= 4 is 6.08 Å². The minimum absolute atomic E-state index is 0.0251. The molecule has 0 heterocycles. The van der Waals surface area contributed by atoms with Crippen LogP contribution in [0, 0.1) is 0 Å². The molecule has 0 amide bonds. The van der Waals surface area contributed by atoms with Crippen molar-refractivity contribution in [3.8, 4) is 5.75 Å². The SMILES string of the molecule is C=Cc1ccc(OCC(O)OC2Cc3ccccc32)cc1. The van der Waals surface area contributed by atoms with Crippen LogP contribution in [0.25, 0.3) is 6.08 Å². The van der Waals surface area contributed by atoms with Gasteiger partial charge in [0.05, 0.1) is 6.10 Å². The topological polar surface area (TPSA) is 38.7 Å². The molecule has 2 atom stereocenters. The lowest BCUT2D eigenvalue weighted by Crippen LogP contribution is -2.29. The third kappa shape index (κ3) is 3.15. The maximum atomic E-state index is 9.91. The summed E-state index contributed by atoms with van der Waals surface area (Å²) in [4.78, 5) is 0. The molecule has 2 unspecified atom stereocenters. The summed E-state index contributed by atoms with van der Waals surface area (Å²) in [6, 6.07) is 15.6. The highest BCUT2D eigenvalue weighted by Crippen LogP contribution is 2.36. The summed E-state index contributed by atoms with van der Waals surface area (Å²) in [6.45, 7) is 3.82. The Kier molecular flexibility index (Phi) is 4.04. The smallest absolute Gasteiger partial charge is 0.189 e. The summed E-state index contributed by atoms with van der Waals surface area (Å²) in [7, 11) is 0. The highest BCUT2D eigenvalue weighted by Gasteiger charge is 2.28. The molecule has 21 heavy (non-hydrogen) atoms. The quantitative estimate of drug-likeness (QED) is 0.826. The van der Waals surface area contributed by atoms with E-state index < -0.39 is 6.29 Å². The average molecular weight is 282 g/mol. The first-order valence-corrected chi connectivity index (χ1v) is 7.03. The van der Waals surface area contributed by atoms with Gasteiger partial charge in [-0.15, -0.1) is 0 Å². The lowest BCUT2D eigenvalue weighted by molar-refractivity contribution is -0.159. The molecule has 0 radical (unpaired) electrons. The molecule has 0 saturated carbocycles. The summed E-state index contributed by atoms with van der Waals surface area (Å²) < 4.78 is 11.1. The van der Waals surface area contributed by atoms with E-state index in [1.165, 1.54) is 5.56 Å². The van der Waals surface area contributed by atoms with Gasteiger partial charge in [-0.05, 0) is 28.8 Å². The van der Waals surface area contributed by atoms with Crippen molar-refractivity contribution in [2.45, 2.75) is 18.8 Å². The third-order valence-electron chi connectivity index (χ3n) is 3.64. The Hall–Kier alpha value is -2.10. The summed E-state index contributed by atoms with van der Waals surface area (Å²) in [6.07, 6.45) is 1.67. The van der Waals surface area contributed by atoms with E-state index >= 15 is 0 Å². The van der Waals surface area contributed by atoms with E-state index in [2.05, 4.69) is 12.6 Å². The van der Waals surface area contributed by atoms with Crippen LogP contribution in [0.2, 0.25) is 0 Å². The van der Waals surface area contributed by atoms with E-state index in [9.17, 15) is 5.11 Å². The van der Waals surface area contributed by atoms with Crippen molar-refractivity contribution in [1.82, 2.24) is 0 Å². The number of hydrogen-bond acceptors (Lipinski definition) is 3. The molecule has 2 aromatic carbocycles. The van der Waals surface area contributed by atoms with Crippen LogP contribution in [0.1, 0.15) is 22.8 Å². The standard InChI is InChI=1S/C18H18O3/c1-2-13-7-9-15(10-8-13)20-12-18(19)21-17-11-14-5-3-4-6-16(14)17/h2-10,17-19H,1,11-12H2. The summed E-state index contributed by atoms with van der Waals surface area (Å²) in [5, 5.41) is 9.91. The van der Waals surface area contributed by atoms with E-state index in [1.807, 2.05) is 42.5 Å². The van der Waals surface area contributed by atoms with Crippen molar-refractivity contribution in [2.75, 3.05) is 6.61 Å². The van der Waals surface area contributed by atoms with Crippen molar-refractivity contribution in [1.29, 1.82) is 0 Å². The van der Waals surface area contributed by atoms with Crippen molar-refractivity contribution in [2.24, 2.45) is 0 Å². The average Bonchev–Trinajstić information content (AvgIpc) is 2.51. The van der Waals surface area contributed by atoms with Crippen LogP contribution < -0.4 is 4.74 Å². The molecule has 0 aromatic heterocycles. The number of benzene rings is 2. The Morgan fingerprint density at radius 3 is 2.67 bits per heavy atom. The highest BCUT2D eigenvalue weighted by atomic mass is 16.6. The molecule has 108 valence electrons. The third-order valence-corrected chi connectivity index (χ3v) is 3.64. The molecule has 0 bridgehead atoms. The van der Waals surface area contributed by atoms with Crippen molar-refractivity contribution < 1.29 is 14.6 Å².